The second-order valence-corrected chi connectivity index (χ2v) is 4.63. The van der Waals surface area contributed by atoms with Gasteiger partial charge in [-0.3, -0.25) is 0 Å². The number of ether oxygens (including phenoxy) is 2. The molecule has 0 radical (unpaired) electrons. The fourth-order valence-electron chi connectivity index (χ4n) is 1.97. The fraction of sp³-hybridized carbons (Fsp3) is 0.312. The summed E-state index contributed by atoms with van der Waals surface area (Å²) in [5.41, 5.74) is 1.92. The van der Waals surface area contributed by atoms with Gasteiger partial charge in [-0.05, 0) is 29.3 Å². The van der Waals surface area contributed by atoms with E-state index in [1.54, 1.807) is 20.4 Å². The lowest BCUT2D eigenvalue weighted by Gasteiger charge is -2.13. The Morgan fingerprint density at radius 3 is 2.57 bits per heavy atom. The van der Waals surface area contributed by atoms with Crippen LogP contribution in [0.15, 0.2) is 42.6 Å². The highest BCUT2D eigenvalue weighted by Gasteiger charge is 2.07. The molecule has 1 unspecified atom stereocenters. The number of nitrogens with zero attached hydrogens (tertiary/aromatic N) is 1. The Kier molecular flexibility index (Phi) is 5.54. The van der Waals surface area contributed by atoms with Gasteiger partial charge in [0.1, 0.15) is 5.75 Å². The summed E-state index contributed by atoms with van der Waals surface area (Å²) in [6.07, 6.45) is 1.15. The number of nitrogens with one attached hydrogen (secondary N) is 1. The van der Waals surface area contributed by atoms with Crippen LogP contribution in [0, 0.1) is 0 Å². The third kappa shape index (κ3) is 4.44. The monoisotopic (exact) mass is 288 g/mol. The second-order valence-electron chi connectivity index (χ2n) is 4.63. The van der Waals surface area contributed by atoms with E-state index in [0.717, 1.165) is 16.9 Å². The summed E-state index contributed by atoms with van der Waals surface area (Å²) in [4.78, 5) is 4.05. The van der Waals surface area contributed by atoms with Crippen LogP contribution < -0.4 is 14.8 Å². The lowest BCUT2D eigenvalue weighted by atomic mass is 10.1. The van der Waals surface area contributed by atoms with Gasteiger partial charge >= 0.3 is 0 Å². The number of hydrogen-bond acceptors (Lipinski definition) is 5. The largest absolute Gasteiger partial charge is 0.497 e. The number of methoxy groups -OCH3 is 2. The van der Waals surface area contributed by atoms with E-state index in [4.69, 9.17) is 9.47 Å². The average Bonchev–Trinajstić information content (AvgIpc) is 2.55. The molecule has 0 bridgehead atoms. The minimum atomic E-state index is -0.556. The van der Waals surface area contributed by atoms with E-state index >= 15 is 0 Å². The number of pyridine rings is 1. The third-order valence-corrected chi connectivity index (χ3v) is 3.18. The highest BCUT2D eigenvalue weighted by Crippen LogP contribution is 2.17. The number of rotatable bonds is 7. The summed E-state index contributed by atoms with van der Waals surface area (Å²) < 4.78 is 10.2. The van der Waals surface area contributed by atoms with Crippen molar-refractivity contribution in [3.8, 4) is 11.6 Å². The Bertz CT molecular complexity index is 558. The van der Waals surface area contributed by atoms with Crippen molar-refractivity contribution in [2.75, 3.05) is 20.8 Å². The molecule has 1 atom stereocenters. The molecule has 0 aliphatic carbocycles. The minimum Gasteiger partial charge on any atom is -0.497 e. The first-order valence-corrected chi connectivity index (χ1v) is 6.74. The van der Waals surface area contributed by atoms with Crippen LogP contribution in [0.25, 0.3) is 0 Å². The minimum absolute atomic E-state index is 0.469. The predicted molar refractivity (Wildman–Crippen MR) is 80.4 cm³/mol. The zero-order chi connectivity index (χ0) is 15.1. The molecule has 5 heteroatoms. The van der Waals surface area contributed by atoms with Crippen LogP contribution in [-0.2, 0) is 6.54 Å². The Balaban J connectivity index is 1.84. The molecule has 0 saturated carbocycles. The molecule has 2 N–H and O–H groups in total. The first-order valence-electron chi connectivity index (χ1n) is 6.74. The van der Waals surface area contributed by atoms with Crippen molar-refractivity contribution in [3.05, 3.63) is 53.7 Å². The number of benzene rings is 1. The molecule has 0 saturated heterocycles. The van der Waals surface area contributed by atoms with Gasteiger partial charge in [0.2, 0.25) is 5.88 Å². The molecule has 0 fully saturated rings. The molecule has 1 aromatic heterocycles. The van der Waals surface area contributed by atoms with Crippen LogP contribution >= 0.6 is 0 Å². The first-order chi connectivity index (χ1) is 10.2. The van der Waals surface area contributed by atoms with Gasteiger partial charge in [-0.25, -0.2) is 4.98 Å². The Morgan fingerprint density at radius 1 is 1.14 bits per heavy atom. The van der Waals surface area contributed by atoms with E-state index in [2.05, 4.69) is 10.3 Å². The molecular formula is C16H20N2O3. The highest BCUT2D eigenvalue weighted by atomic mass is 16.5. The molecule has 0 spiro atoms. The molecule has 5 nitrogen and oxygen atoms in total. The fourth-order valence-corrected chi connectivity index (χ4v) is 1.97. The second kappa shape index (κ2) is 7.61. The summed E-state index contributed by atoms with van der Waals surface area (Å²) in [5, 5.41) is 13.3. The maximum atomic E-state index is 10.1. The average molecular weight is 288 g/mol. The number of aliphatic hydroxyl groups is 1. The maximum absolute atomic E-state index is 10.1. The number of hydrogen-bond donors (Lipinski definition) is 2. The Hall–Kier alpha value is -2.11. The molecule has 0 amide bonds. The van der Waals surface area contributed by atoms with Gasteiger partial charge in [0.25, 0.3) is 0 Å². The molecule has 0 aliphatic rings. The SMILES string of the molecule is COc1ccc(C(O)CNCc2ccnc(OC)c2)cc1. The van der Waals surface area contributed by atoms with E-state index in [9.17, 15) is 5.11 Å². The van der Waals surface area contributed by atoms with Crippen molar-refractivity contribution < 1.29 is 14.6 Å². The van der Waals surface area contributed by atoms with Gasteiger partial charge in [0.15, 0.2) is 0 Å². The van der Waals surface area contributed by atoms with Gasteiger partial charge in [-0.1, -0.05) is 12.1 Å². The van der Waals surface area contributed by atoms with Crippen molar-refractivity contribution >= 4 is 0 Å². The van der Waals surface area contributed by atoms with Crippen LogP contribution in [0.5, 0.6) is 11.6 Å². The van der Waals surface area contributed by atoms with Crippen molar-refractivity contribution in [1.82, 2.24) is 10.3 Å². The molecule has 21 heavy (non-hydrogen) atoms. The molecule has 112 valence electrons. The molecular weight excluding hydrogens is 268 g/mol. The van der Waals surface area contributed by atoms with Gasteiger partial charge < -0.3 is 19.9 Å². The van der Waals surface area contributed by atoms with Crippen LogP contribution in [-0.4, -0.2) is 30.9 Å². The van der Waals surface area contributed by atoms with Crippen LogP contribution in [0.4, 0.5) is 0 Å². The van der Waals surface area contributed by atoms with E-state index in [1.807, 2.05) is 36.4 Å². The summed E-state index contributed by atoms with van der Waals surface area (Å²) in [5.74, 6) is 1.37. The predicted octanol–water partition coefficient (Wildman–Crippen LogP) is 1.92. The topological polar surface area (TPSA) is 63.6 Å². The van der Waals surface area contributed by atoms with E-state index in [1.165, 1.54) is 0 Å². The molecule has 1 aromatic carbocycles. The Morgan fingerprint density at radius 2 is 1.90 bits per heavy atom. The maximum Gasteiger partial charge on any atom is 0.213 e. The number of aliphatic hydroxyl groups excluding tert-OH is 1. The normalized spacial score (nSPS) is 12.0. The van der Waals surface area contributed by atoms with Crippen LogP contribution in [0.2, 0.25) is 0 Å². The summed E-state index contributed by atoms with van der Waals surface area (Å²) in [7, 11) is 3.21. The summed E-state index contributed by atoms with van der Waals surface area (Å²) >= 11 is 0. The summed E-state index contributed by atoms with van der Waals surface area (Å²) in [6.45, 7) is 1.11. The Labute approximate surface area is 124 Å². The molecule has 2 rings (SSSR count). The van der Waals surface area contributed by atoms with Gasteiger partial charge in [0.05, 0.1) is 20.3 Å². The highest BCUT2D eigenvalue weighted by molar-refractivity contribution is 5.28. The first kappa shape index (κ1) is 15.3. The van der Waals surface area contributed by atoms with Crippen molar-refractivity contribution in [1.29, 1.82) is 0 Å². The quantitative estimate of drug-likeness (QED) is 0.815. The lowest BCUT2D eigenvalue weighted by Crippen LogP contribution is -2.21. The summed E-state index contributed by atoms with van der Waals surface area (Å²) in [6, 6.07) is 11.2. The van der Waals surface area contributed by atoms with E-state index < -0.39 is 6.10 Å². The standard InChI is InChI=1S/C16H20N2O3/c1-20-14-5-3-13(4-6-14)15(19)11-17-10-12-7-8-18-16(9-12)21-2/h3-9,15,17,19H,10-11H2,1-2H3. The van der Waals surface area contributed by atoms with Gasteiger partial charge in [0, 0.05) is 25.4 Å². The van der Waals surface area contributed by atoms with Crippen molar-refractivity contribution in [2.45, 2.75) is 12.6 Å². The molecule has 0 aliphatic heterocycles. The zero-order valence-electron chi connectivity index (χ0n) is 12.2. The third-order valence-electron chi connectivity index (χ3n) is 3.18. The zero-order valence-corrected chi connectivity index (χ0v) is 12.2. The van der Waals surface area contributed by atoms with Crippen LogP contribution in [0.3, 0.4) is 0 Å². The van der Waals surface area contributed by atoms with E-state index in [0.29, 0.717) is 19.0 Å². The van der Waals surface area contributed by atoms with Gasteiger partial charge in [-0.15, -0.1) is 0 Å². The van der Waals surface area contributed by atoms with E-state index in [-0.39, 0.29) is 0 Å². The molecule has 1 heterocycles. The van der Waals surface area contributed by atoms with Crippen LogP contribution in [0.1, 0.15) is 17.2 Å². The van der Waals surface area contributed by atoms with Gasteiger partial charge in [-0.2, -0.15) is 0 Å². The smallest absolute Gasteiger partial charge is 0.213 e. The van der Waals surface area contributed by atoms with Crippen molar-refractivity contribution in [2.24, 2.45) is 0 Å². The molecule has 2 aromatic rings. The van der Waals surface area contributed by atoms with Crippen molar-refractivity contribution in [3.63, 3.8) is 0 Å². The lowest BCUT2D eigenvalue weighted by molar-refractivity contribution is 0.174. The number of aromatic nitrogens is 1.